The number of rotatable bonds is 3. The molecule has 0 aromatic heterocycles. The summed E-state index contributed by atoms with van der Waals surface area (Å²) in [6.45, 7) is 0. The highest BCUT2D eigenvalue weighted by atomic mass is 16.5. The van der Waals surface area contributed by atoms with Crippen LogP contribution in [-0.2, 0) is 4.74 Å². The largest absolute Gasteiger partial charge is 0.465 e. The van der Waals surface area contributed by atoms with Gasteiger partial charge in [-0.15, -0.1) is 0 Å². The summed E-state index contributed by atoms with van der Waals surface area (Å²) in [5.74, 6) is 0.670. The van der Waals surface area contributed by atoms with Crippen molar-refractivity contribution in [3.05, 3.63) is 54.1 Å². The van der Waals surface area contributed by atoms with E-state index in [1.165, 1.54) is 7.11 Å². The number of methoxy groups -OCH3 is 1. The highest BCUT2D eigenvalue weighted by Crippen LogP contribution is 2.28. The lowest BCUT2D eigenvalue weighted by atomic mass is 10.2. The third-order valence-corrected chi connectivity index (χ3v) is 2.41. The van der Waals surface area contributed by atoms with Crippen molar-refractivity contribution in [1.82, 2.24) is 0 Å². The Hall–Kier alpha value is -2.49. The molecule has 18 heavy (non-hydrogen) atoms. The predicted octanol–water partition coefficient (Wildman–Crippen LogP) is 2.85. The molecule has 0 aliphatic heterocycles. The highest BCUT2D eigenvalue weighted by Gasteiger charge is 2.09. The molecule has 0 atom stereocenters. The minimum absolute atomic E-state index is 0.401. The van der Waals surface area contributed by atoms with Crippen LogP contribution in [0.1, 0.15) is 10.4 Å². The maximum Gasteiger partial charge on any atom is 0.337 e. The summed E-state index contributed by atoms with van der Waals surface area (Å²) >= 11 is 0. The summed E-state index contributed by atoms with van der Waals surface area (Å²) in [5, 5.41) is 0. The Kier molecular flexibility index (Phi) is 3.48. The molecule has 0 saturated carbocycles. The van der Waals surface area contributed by atoms with Gasteiger partial charge in [0.25, 0.3) is 0 Å². The maximum absolute atomic E-state index is 11.4. The first kappa shape index (κ1) is 12.0. The van der Waals surface area contributed by atoms with Crippen LogP contribution in [0.2, 0.25) is 0 Å². The molecule has 0 heterocycles. The van der Waals surface area contributed by atoms with Crippen LogP contribution < -0.4 is 10.5 Å². The number of anilines is 1. The van der Waals surface area contributed by atoms with E-state index in [-0.39, 0.29) is 0 Å². The molecule has 0 aliphatic carbocycles. The molecule has 0 unspecified atom stereocenters. The monoisotopic (exact) mass is 243 g/mol. The lowest BCUT2D eigenvalue weighted by Crippen LogP contribution is -2.02. The smallest absolute Gasteiger partial charge is 0.337 e. The molecule has 2 aromatic rings. The van der Waals surface area contributed by atoms with Gasteiger partial charge in [0.15, 0.2) is 5.75 Å². The van der Waals surface area contributed by atoms with E-state index in [0.29, 0.717) is 22.7 Å². The lowest BCUT2D eigenvalue weighted by Gasteiger charge is -2.09. The molecule has 2 N–H and O–H groups in total. The zero-order valence-corrected chi connectivity index (χ0v) is 9.92. The Morgan fingerprint density at radius 3 is 2.50 bits per heavy atom. The number of hydrogen-bond acceptors (Lipinski definition) is 4. The van der Waals surface area contributed by atoms with Gasteiger partial charge in [0.1, 0.15) is 5.75 Å². The third-order valence-electron chi connectivity index (χ3n) is 2.41. The van der Waals surface area contributed by atoms with Crippen molar-refractivity contribution in [2.75, 3.05) is 12.8 Å². The van der Waals surface area contributed by atoms with Crippen LogP contribution in [0.25, 0.3) is 0 Å². The molecule has 0 bridgehead atoms. The van der Waals surface area contributed by atoms with Crippen molar-refractivity contribution in [3.63, 3.8) is 0 Å². The summed E-state index contributed by atoms with van der Waals surface area (Å²) in [7, 11) is 1.33. The molecule has 0 radical (unpaired) electrons. The summed E-state index contributed by atoms with van der Waals surface area (Å²) < 4.78 is 10.3. The Bertz CT molecular complexity index is 552. The van der Waals surface area contributed by atoms with E-state index in [1.807, 2.05) is 30.3 Å². The fourth-order valence-corrected chi connectivity index (χ4v) is 1.48. The lowest BCUT2D eigenvalue weighted by molar-refractivity contribution is 0.0600. The van der Waals surface area contributed by atoms with Crippen molar-refractivity contribution < 1.29 is 14.3 Å². The second kappa shape index (κ2) is 5.23. The molecule has 0 spiro atoms. The molecule has 92 valence electrons. The molecule has 2 rings (SSSR count). The molecule has 0 amide bonds. The summed E-state index contributed by atoms with van der Waals surface area (Å²) in [5.41, 5.74) is 6.67. The zero-order chi connectivity index (χ0) is 13.0. The van der Waals surface area contributed by atoms with Crippen LogP contribution in [0, 0.1) is 0 Å². The maximum atomic E-state index is 11.4. The molecular formula is C14H13NO3. The Balaban J connectivity index is 2.30. The van der Waals surface area contributed by atoms with Crippen LogP contribution in [0.5, 0.6) is 11.5 Å². The average molecular weight is 243 g/mol. The minimum atomic E-state index is -0.423. The van der Waals surface area contributed by atoms with Crippen LogP contribution in [-0.4, -0.2) is 13.1 Å². The summed E-state index contributed by atoms with van der Waals surface area (Å²) in [6, 6.07) is 14.0. The molecule has 2 aromatic carbocycles. The number of nitrogen functional groups attached to an aromatic ring is 1. The van der Waals surface area contributed by atoms with Crippen LogP contribution in [0.15, 0.2) is 48.5 Å². The third kappa shape index (κ3) is 2.60. The fourth-order valence-electron chi connectivity index (χ4n) is 1.48. The number of ether oxygens (including phenoxy) is 2. The van der Waals surface area contributed by atoms with E-state index in [2.05, 4.69) is 4.74 Å². The normalized spacial score (nSPS) is 9.83. The van der Waals surface area contributed by atoms with Gasteiger partial charge in [0, 0.05) is 0 Å². The van der Waals surface area contributed by atoms with Crippen molar-refractivity contribution in [3.8, 4) is 11.5 Å². The van der Waals surface area contributed by atoms with Crippen LogP contribution >= 0.6 is 0 Å². The van der Waals surface area contributed by atoms with E-state index < -0.39 is 5.97 Å². The topological polar surface area (TPSA) is 61.5 Å². The molecule has 0 aliphatic rings. The second-order valence-corrected chi connectivity index (χ2v) is 3.66. The van der Waals surface area contributed by atoms with E-state index in [4.69, 9.17) is 10.5 Å². The molecule has 4 nitrogen and oxygen atoms in total. The van der Waals surface area contributed by atoms with Gasteiger partial charge in [-0.1, -0.05) is 18.2 Å². The number of carbonyl (C=O) groups is 1. The van der Waals surface area contributed by atoms with Gasteiger partial charge in [-0.05, 0) is 30.3 Å². The number of esters is 1. The molecule has 0 saturated heterocycles. The Morgan fingerprint density at radius 1 is 1.11 bits per heavy atom. The first-order valence-electron chi connectivity index (χ1n) is 5.41. The van der Waals surface area contributed by atoms with Crippen molar-refractivity contribution in [2.45, 2.75) is 0 Å². The molecule has 4 heteroatoms. The summed E-state index contributed by atoms with van der Waals surface area (Å²) in [6.07, 6.45) is 0. The summed E-state index contributed by atoms with van der Waals surface area (Å²) in [4.78, 5) is 11.4. The number of carbonyl (C=O) groups excluding carboxylic acids is 1. The van der Waals surface area contributed by atoms with Gasteiger partial charge >= 0.3 is 5.97 Å². The van der Waals surface area contributed by atoms with Crippen molar-refractivity contribution >= 4 is 11.7 Å². The predicted molar refractivity (Wildman–Crippen MR) is 68.7 cm³/mol. The quantitative estimate of drug-likeness (QED) is 0.665. The SMILES string of the molecule is COC(=O)c1ccc(N)c(Oc2ccccc2)c1. The van der Waals surface area contributed by atoms with Crippen LogP contribution in [0.3, 0.4) is 0 Å². The van der Waals surface area contributed by atoms with E-state index in [0.717, 1.165) is 0 Å². The first-order chi connectivity index (χ1) is 8.70. The fraction of sp³-hybridized carbons (Fsp3) is 0.0714. The highest BCUT2D eigenvalue weighted by molar-refractivity contribution is 5.90. The number of benzene rings is 2. The average Bonchev–Trinajstić information content (AvgIpc) is 2.41. The first-order valence-corrected chi connectivity index (χ1v) is 5.41. The standard InChI is InChI=1S/C14H13NO3/c1-17-14(16)10-7-8-12(15)13(9-10)18-11-5-3-2-4-6-11/h2-9H,15H2,1H3. The van der Waals surface area contributed by atoms with Gasteiger partial charge in [-0.2, -0.15) is 0 Å². The van der Waals surface area contributed by atoms with Gasteiger partial charge in [-0.3, -0.25) is 0 Å². The molecular weight excluding hydrogens is 230 g/mol. The van der Waals surface area contributed by atoms with Crippen molar-refractivity contribution in [2.24, 2.45) is 0 Å². The number of nitrogens with two attached hydrogens (primary N) is 1. The van der Waals surface area contributed by atoms with Gasteiger partial charge in [0.2, 0.25) is 0 Å². The zero-order valence-electron chi connectivity index (χ0n) is 9.92. The van der Waals surface area contributed by atoms with Crippen molar-refractivity contribution in [1.29, 1.82) is 0 Å². The van der Waals surface area contributed by atoms with Gasteiger partial charge in [-0.25, -0.2) is 4.79 Å². The number of para-hydroxylation sites is 1. The Labute approximate surface area is 105 Å². The molecule has 0 fully saturated rings. The number of hydrogen-bond donors (Lipinski definition) is 1. The van der Waals surface area contributed by atoms with E-state index >= 15 is 0 Å². The Morgan fingerprint density at radius 2 is 1.83 bits per heavy atom. The second-order valence-electron chi connectivity index (χ2n) is 3.66. The van der Waals surface area contributed by atoms with E-state index in [1.54, 1.807) is 18.2 Å². The van der Waals surface area contributed by atoms with Crippen LogP contribution in [0.4, 0.5) is 5.69 Å². The minimum Gasteiger partial charge on any atom is -0.465 e. The van der Waals surface area contributed by atoms with E-state index in [9.17, 15) is 4.79 Å². The van der Waals surface area contributed by atoms with Gasteiger partial charge in [0.05, 0.1) is 18.4 Å². The van der Waals surface area contributed by atoms with Gasteiger partial charge < -0.3 is 15.2 Å².